The first-order valence-electron chi connectivity index (χ1n) is 6.61. The average Bonchev–Trinajstić information content (AvgIpc) is 2.98. The first kappa shape index (κ1) is 15.9. The molecule has 0 atom stereocenters. The second kappa shape index (κ2) is 7.52. The number of Topliss-reactive ketones (excluding diaryl/α,β-unsaturated/α-hetero) is 1. The molecule has 1 aromatic heterocycles. The molecule has 2 rings (SSSR count). The molecule has 110 valence electrons. The third-order valence-corrected chi connectivity index (χ3v) is 4.52. The van der Waals surface area contributed by atoms with Gasteiger partial charge in [-0.3, -0.25) is 9.59 Å². The van der Waals surface area contributed by atoms with E-state index in [1.54, 1.807) is 35.4 Å². The second-order valence-corrected chi connectivity index (χ2v) is 6.71. The number of amides is 1. The van der Waals surface area contributed by atoms with Gasteiger partial charge in [0.2, 0.25) is 5.91 Å². The van der Waals surface area contributed by atoms with Crippen LogP contribution in [0.2, 0.25) is 0 Å². The van der Waals surface area contributed by atoms with Crippen LogP contribution in [0, 0.1) is 0 Å². The van der Waals surface area contributed by atoms with Gasteiger partial charge in [0.1, 0.15) is 0 Å². The Morgan fingerprint density at radius 1 is 1.14 bits per heavy atom. The number of nitrogens with zero attached hydrogens (tertiary/aromatic N) is 1. The molecule has 0 bridgehead atoms. The number of hydrogen-bond acceptors (Lipinski definition) is 3. The maximum absolute atomic E-state index is 12.0. The van der Waals surface area contributed by atoms with Crippen molar-refractivity contribution >= 4 is 39.0 Å². The van der Waals surface area contributed by atoms with Crippen LogP contribution in [0.15, 0.2) is 46.3 Å². The van der Waals surface area contributed by atoms with Gasteiger partial charge in [0.15, 0.2) is 5.78 Å². The number of halogens is 1. The van der Waals surface area contributed by atoms with Crippen molar-refractivity contribution in [2.24, 2.45) is 0 Å². The Kier molecular flexibility index (Phi) is 5.70. The second-order valence-electron chi connectivity index (χ2n) is 4.76. The first-order chi connectivity index (χ1) is 10.1. The third-order valence-electron chi connectivity index (χ3n) is 3.13. The van der Waals surface area contributed by atoms with E-state index >= 15 is 0 Å². The molecule has 0 radical (unpaired) electrons. The van der Waals surface area contributed by atoms with Crippen LogP contribution in [0.4, 0.5) is 0 Å². The van der Waals surface area contributed by atoms with Crippen LogP contribution in [0.25, 0.3) is 0 Å². The van der Waals surface area contributed by atoms with Gasteiger partial charge in [0.25, 0.3) is 0 Å². The highest BCUT2D eigenvalue weighted by Gasteiger charge is 2.13. The minimum Gasteiger partial charge on any atom is -0.341 e. The van der Waals surface area contributed by atoms with Crippen LogP contribution >= 0.6 is 27.3 Å². The zero-order valence-electron chi connectivity index (χ0n) is 11.7. The van der Waals surface area contributed by atoms with Crippen LogP contribution in [0.1, 0.15) is 28.1 Å². The Morgan fingerprint density at radius 2 is 1.86 bits per heavy atom. The molecular formula is C16H16BrNO2S. The summed E-state index contributed by atoms with van der Waals surface area (Å²) >= 11 is 4.96. The molecule has 3 nitrogen and oxygen atoms in total. The number of thiophene rings is 1. The zero-order chi connectivity index (χ0) is 15.2. The summed E-state index contributed by atoms with van der Waals surface area (Å²) in [7, 11) is 1.77. The van der Waals surface area contributed by atoms with Crippen molar-refractivity contribution in [2.75, 3.05) is 7.05 Å². The Labute approximate surface area is 136 Å². The van der Waals surface area contributed by atoms with E-state index in [-0.39, 0.29) is 24.5 Å². The molecule has 2 aromatic rings. The molecule has 0 aliphatic carbocycles. The highest BCUT2D eigenvalue weighted by Crippen LogP contribution is 2.14. The SMILES string of the molecule is CN(Cc1cccs1)C(=O)CCC(=O)c1ccc(Br)cc1. The van der Waals surface area contributed by atoms with Gasteiger partial charge < -0.3 is 4.90 Å². The van der Waals surface area contributed by atoms with Crippen LogP contribution < -0.4 is 0 Å². The van der Waals surface area contributed by atoms with Crippen LogP contribution in [-0.2, 0) is 11.3 Å². The van der Waals surface area contributed by atoms with E-state index < -0.39 is 0 Å². The lowest BCUT2D eigenvalue weighted by molar-refractivity contribution is -0.130. The van der Waals surface area contributed by atoms with Crippen molar-refractivity contribution in [3.8, 4) is 0 Å². The molecule has 1 aromatic carbocycles. The molecule has 0 fully saturated rings. The van der Waals surface area contributed by atoms with E-state index in [0.717, 1.165) is 9.35 Å². The maximum Gasteiger partial charge on any atom is 0.223 e. The quantitative estimate of drug-likeness (QED) is 0.721. The summed E-state index contributed by atoms with van der Waals surface area (Å²) in [4.78, 5) is 26.9. The molecule has 0 aliphatic rings. The topological polar surface area (TPSA) is 37.4 Å². The number of ketones is 1. The molecule has 0 N–H and O–H groups in total. The Balaban J connectivity index is 1.83. The van der Waals surface area contributed by atoms with Gasteiger partial charge in [-0.1, -0.05) is 34.1 Å². The molecule has 1 heterocycles. The molecule has 0 saturated heterocycles. The molecule has 21 heavy (non-hydrogen) atoms. The summed E-state index contributed by atoms with van der Waals surface area (Å²) < 4.78 is 0.936. The van der Waals surface area contributed by atoms with Crippen molar-refractivity contribution in [3.63, 3.8) is 0 Å². The van der Waals surface area contributed by atoms with Gasteiger partial charge in [0.05, 0.1) is 6.54 Å². The fraction of sp³-hybridized carbons (Fsp3) is 0.250. The average molecular weight is 366 g/mol. The standard InChI is InChI=1S/C16H16BrNO2S/c1-18(11-14-3-2-10-21-14)16(20)9-8-15(19)12-4-6-13(17)7-5-12/h2-7,10H,8-9,11H2,1H3. The molecule has 0 unspecified atom stereocenters. The van der Waals surface area contributed by atoms with Gasteiger partial charge in [0, 0.05) is 34.8 Å². The van der Waals surface area contributed by atoms with E-state index in [4.69, 9.17) is 0 Å². The number of rotatable bonds is 6. The van der Waals surface area contributed by atoms with Crippen LogP contribution in [0.5, 0.6) is 0 Å². The summed E-state index contributed by atoms with van der Waals surface area (Å²) in [6.07, 6.45) is 0.492. The summed E-state index contributed by atoms with van der Waals surface area (Å²) in [6.45, 7) is 0.600. The lowest BCUT2D eigenvalue weighted by atomic mass is 10.1. The third kappa shape index (κ3) is 4.79. The fourth-order valence-electron chi connectivity index (χ4n) is 1.92. The zero-order valence-corrected chi connectivity index (χ0v) is 14.1. The van der Waals surface area contributed by atoms with Gasteiger partial charge in [-0.05, 0) is 23.6 Å². The highest BCUT2D eigenvalue weighted by molar-refractivity contribution is 9.10. The van der Waals surface area contributed by atoms with E-state index in [9.17, 15) is 9.59 Å². The fourth-order valence-corrected chi connectivity index (χ4v) is 2.94. The molecule has 0 aliphatic heterocycles. The summed E-state index contributed by atoms with van der Waals surface area (Å²) in [5, 5.41) is 1.99. The summed E-state index contributed by atoms with van der Waals surface area (Å²) in [5.41, 5.74) is 0.645. The van der Waals surface area contributed by atoms with Gasteiger partial charge in [-0.15, -0.1) is 11.3 Å². The monoisotopic (exact) mass is 365 g/mol. The van der Waals surface area contributed by atoms with Crippen molar-refractivity contribution < 1.29 is 9.59 Å². The largest absolute Gasteiger partial charge is 0.341 e. The van der Waals surface area contributed by atoms with Crippen molar-refractivity contribution in [1.82, 2.24) is 4.90 Å². The first-order valence-corrected chi connectivity index (χ1v) is 8.28. The van der Waals surface area contributed by atoms with Crippen molar-refractivity contribution in [3.05, 3.63) is 56.7 Å². The number of hydrogen-bond donors (Lipinski definition) is 0. The molecular weight excluding hydrogens is 350 g/mol. The molecule has 1 amide bonds. The maximum atomic E-state index is 12.0. The Morgan fingerprint density at radius 3 is 2.48 bits per heavy atom. The van der Waals surface area contributed by atoms with Gasteiger partial charge >= 0.3 is 0 Å². The minimum absolute atomic E-state index is 0.000346. The van der Waals surface area contributed by atoms with E-state index in [1.807, 2.05) is 29.6 Å². The Hall–Kier alpha value is -1.46. The lowest BCUT2D eigenvalue weighted by Gasteiger charge is -2.15. The van der Waals surface area contributed by atoms with Crippen LogP contribution in [-0.4, -0.2) is 23.6 Å². The predicted octanol–water partition coefficient (Wildman–Crippen LogP) is 4.13. The van der Waals surface area contributed by atoms with E-state index in [1.165, 1.54) is 0 Å². The normalized spacial score (nSPS) is 10.4. The van der Waals surface area contributed by atoms with Crippen molar-refractivity contribution in [1.29, 1.82) is 0 Å². The smallest absolute Gasteiger partial charge is 0.223 e. The molecule has 0 spiro atoms. The van der Waals surface area contributed by atoms with Gasteiger partial charge in [-0.25, -0.2) is 0 Å². The summed E-state index contributed by atoms with van der Waals surface area (Å²) in [5.74, 6) is -0.00534. The number of carbonyl (C=O) groups excluding carboxylic acids is 2. The molecule has 5 heteroatoms. The van der Waals surface area contributed by atoms with E-state index in [0.29, 0.717) is 12.1 Å². The number of benzene rings is 1. The van der Waals surface area contributed by atoms with Crippen molar-refractivity contribution in [2.45, 2.75) is 19.4 Å². The Bertz CT molecular complexity index is 608. The van der Waals surface area contributed by atoms with E-state index in [2.05, 4.69) is 15.9 Å². The minimum atomic E-state index is -0.00568. The highest BCUT2D eigenvalue weighted by atomic mass is 79.9. The lowest BCUT2D eigenvalue weighted by Crippen LogP contribution is -2.26. The number of carbonyl (C=O) groups is 2. The van der Waals surface area contributed by atoms with Crippen LogP contribution in [0.3, 0.4) is 0 Å². The summed E-state index contributed by atoms with van der Waals surface area (Å²) in [6, 6.07) is 11.2. The predicted molar refractivity (Wildman–Crippen MR) is 88.5 cm³/mol. The molecule has 0 saturated carbocycles. The van der Waals surface area contributed by atoms with Gasteiger partial charge in [-0.2, -0.15) is 0 Å².